The first kappa shape index (κ1) is 16.5. The van der Waals surface area contributed by atoms with Crippen LogP contribution in [0.3, 0.4) is 0 Å². The molecule has 0 bridgehead atoms. The van der Waals surface area contributed by atoms with Gasteiger partial charge < -0.3 is 15.4 Å². The van der Waals surface area contributed by atoms with Crippen molar-refractivity contribution in [3.05, 3.63) is 48.8 Å². The Morgan fingerprint density at radius 2 is 2.00 bits per heavy atom. The van der Waals surface area contributed by atoms with Crippen LogP contribution >= 0.6 is 0 Å². The van der Waals surface area contributed by atoms with Gasteiger partial charge in [0.15, 0.2) is 0 Å². The maximum atomic E-state index is 11.6. The monoisotopic (exact) mass is 337 g/mol. The molecule has 0 aliphatic rings. The molecule has 3 rings (SSSR count). The van der Waals surface area contributed by atoms with Crippen molar-refractivity contribution in [3.8, 4) is 5.88 Å². The standard InChI is InChI=1S/C18H19N5O2/c1-3-19-18(24)23-16-10-12-6-4-7-14(13(12)11-21-16)22-15-8-5-9-20-17(15)25-2/h4-11,22H,3H2,1-2H3,(H2,19,21,23,24). The van der Waals surface area contributed by atoms with Crippen LogP contribution in [0.4, 0.5) is 22.0 Å². The number of urea groups is 1. The van der Waals surface area contributed by atoms with Crippen LogP contribution < -0.4 is 20.7 Å². The summed E-state index contributed by atoms with van der Waals surface area (Å²) in [6, 6.07) is 11.1. The Hall–Kier alpha value is -3.35. The van der Waals surface area contributed by atoms with Crippen LogP contribution in [0.2, 0.25) is 0 Å². The second-order valence-electron chi connectivity index (χ2n) is 5.27. The number of nitrogens with one attached hydrogen (secondary N) is 3. The third-order valence-electron chi connectivity index (χ3n) is 3.58. The van der Waals surface area contributed by atoms with Gasteiger partial charge in [0.05, 0.1) is 7.11 Å². The summed E-state index contributed by atoms with van der Waals surface area (Å²) in [6.45, 7) is 2.42. The molecule has 0 aliphatic heterocycles. The molecule has 7 heteroatoms. The van der Waals surface area contributed by atoms with Gasteiger partial charge >= 0.3 is 6.03 Å². The van der Waals surface area contributed by atoms with Crippen molar-refractivity contribution in [1.29, 1.82) is 0 Å². The van der Waals surface area contributed by atoms with Crippen molar-refractivity contribution < 1.29 is 9.53 Å². The molecule has 7 nitrogen and oxygen atoms in total. The first-order chi connectivity index (χ1) is 12.2. The normalized spacial score (nSPS) is 10.3. The van der Waals surface area contributed by atoms with Crippen LogP contribution in [0.5, 0.6) is 5.88 Å². The number of methoxy groups -OCH3 is 1. The largest absolute Gasteiger partial charge is 0.480 e. The van der Waals surface area contributed by atoms with Gasteiger partial charge in [0.2, 0.25) is 5.88 Å². The fraction of sp³-hybridized carbons (Fsp3) is 0.167. The molecule has 2 heterocycles. The highest BCUT2D eigenvalue weighted by molar-refractivity contribution is 5.98. The number of rotatable bonds is 5. The third-order valence-corrected chi connectivity index (χ3v) is 3.58. The van der Waals surface area contributed by atoms with Gasteiger partial charge in [0.1, 0.15) is 11.5 Å². The van der Waals surface area contributed by atoms with Gasteiger partial charge in [-0.3, -0.25) is 5.32 Å². The Morgan fingerprint density at radius 1 is 1.16 bits per heavy atom. The fourth-order valence-electron chi connectivity index (χ4n) is 2.46. The van der Waals surface area contributed by atoms with Crippen molar-refractivity contribution in [1.82, 2.24) is 15.3 Å². The minimum absolute atomic E-state index is 0.274. The molecule has 1 aromatic carbocycles. The number of hydrogen-bond donors (Lipinski definition) is 3. The lowest BCUT2D eigenvalue weighted by molar-refractivity contribution is 0.252. The average molecular weight is 337 g/mol. The SMILES string of the molecule is CCNC(=O)Nc1cc2cccc(Nc3cccnc3OC)c2cn1. The molecule has 0 spiro atoms. The summed E-state index contributed by atoms with van der Waals surface area (Å²) in [7, 11) is 1.58. The predicted octanol–water partition coefficient (Wildman–Crippen LogP) is 3.52. The number of nitrogens with zero attached hydrogens (tertiary/aromatic N) is 2. The average Bonchev–Trinajstić information content (AvgIpc) is 2.62. The van der Waals surface area contributed by atoms with E-state index in [0.717, 1.165) is 22.1 Å². The van der Waals surface area contributed by atoms with Crippen LogP contribution in [-0.2, 0) is 0 Å². The van der Waals surface area contributed by atoms with Gasteiger partial charge in [-0.15, -0.1) is 0 Å². The lowest BCUT2D eigenvalue weighted by Crippen LogP contribution is -2.28. The number of aromatic nitrogens is 2. The number of pyridine rings is 2. The van der Waals surface area contributed by atoms with Crippen LogP contribution in [0.15, 0.2) is 48.8 Å². The Balaban J connectivity index is 1.91. The summed E-state index contributed by atoms with van der Waals surface area (Å²) in [5, 5.41) is 10.6. The number of fused-ring (bicyclic) bond motifs is 1. The van der Waals surface area contributed by atoms with E-state index in [1.807, 2.05) is 43.3 Å². The van der Waals surface area contributed by atoms with Gasteiger partial charge in [-0.1, -0.05) is 12.1 Å². The van der Waals surface area contributed by atoms with Gasteiger partial charge in [0.25, 0.3) is 0 Å². The number of anilines is 3. The summed E-state index contributed by atoms with van der Waals surface area (Å²) < 4.78 is 5.27. The molecule has 0 saturated carbocycles. The molecule has 25 heavy (non-hydrogen) atoms. The van der Waals surface area contributed by atoms with E-state index in [0.29, 0.717) is 18.2 Å². The van der Waals surface area contributed by atoms with E-state index in [-0.39, 0.29) is 6.03 Å². The van der Waals surface area contributed by atoms with E-state index in [2.05, 4.69) is 25.9 Å². The molecule has 2 amide bonds. The smallest absolute Gasteiger partial charge is 0.320 e. The molecule has 3 aromatic rings. The number of carbonyl (C=O) groups is 1. The van der Waals surface area contributed by atoms with Crippen molar-refractivity contribution in [3.63, 3.8) is 0 Å². The predicted molar refractivity (Wildman–Crippen MR) is 98.5 cm³/mol. The second-order valence-corrected chi connectivity index (χ2v) is 5.27. The molecule has 3 N–H and O–H groups in total. The molecule has 2 aromatic heterocycles. The summed E-state index contributed by atoms with van der Waals surface area (Å²) >= 11 is 0. The van der Waals surface area contributed by atoms with Crippen LogP contribution in [0, 0.1) is 0 Å². The molecule has 0 radical (unpaired) electrons. The zero-order chi connectivity index (χ0) is 17.6. The van der Waals surface area contributed by atoms with Gasteiger partial charge in [-0.05, 0) is 36.6 Å². The summed E-state index contributed by atoms with van der Waals surface area (Å²) in [5.74, 6) is 1.01. The first-order valence-electron chi connectivity index (χ1n) is 7.91. The number of benzene rings is 1. The van der Waals surface area contributed by atoms with Gasteiger partial charge in [-0.25, -0.2) is 14.8 Å². The Bertz CT molecular complexity index is 898. The topological polar surface area (TPSA) is 88.2 Å². The van der Waals surface area contributed by atoms with Crippen molar-refractivity contribution in [2.75, 3.05) is 24.3 Å². The highest BCUT2D eigenvalue weighted by Gasteiger charge is 2.08. The van der Waals surface area contributed by atoms with E-state index in [1.165, 1.54) is 0 Å². The van der Waals surface area contributed by atoms with Crippen LogP contribution in [0.25, 0.3) is 10.8 Å². The molecule has 0 atom stereocenters. The van der Waals surface area contributed by atoms with E-state index >= 15 is 0 Å². The Morgan fingerprint density at radius 3 is 2.80 bits per heavy atom. The zero-order valence-electron chi connectivity index (χ0n) is 14.0. The molecular formula is C18H19N5O2. The molecule has 0 aliphatic carbocycles. The number of amides is 2. The van der Waals surface area contributed by atoms with Crippen molar-refractivity contribution in [2.45, 2.75) is 6.92 Å². The Labute approximate surface area is 145 Å². The van der Waals surface area contributed by atoms with E-state index in [9.17, 15) is 4.79 Å². The maximum absolute atomic E-state index is 11.6. The lowest BCUT2D eigenvalue weighted by Gasteiger charge is -2.12. The summed E-state index contributed by atoms with van der Waals surface area (Å²) in [4.78, 5) is 20.1. The third kappa shape index (κ3) is 3.77. The quantitative estimate of drug-likeness (QED) is 0.663. The van der Waals surface area contributed by atoms with E-state index < -0.39 is 0 Å². The Kier molecular flexibility index (Phi) is 4.94. The van der Waals surface area contributed by atoms with E-state index in [1.54, 1.807) is 19.5 Å². The summed E-state index contributed by atoms with van der Waals surface area (Å²) in [6.07, 6.45) is 3.40. The number of carbonyl (C=O) groups excluding carboxylic acids is 1. The van der Waals surface area contributed by atoms with Crippen molar-refractivity contribution in [2.24, 2.45) is 0 Å². The number of ether oxygens (including phenoxy) is 1. The minimum Gasteiger partial charge on any atom is -0.480 e. The van der Waals surface area contributed by atoms with Crippen LogP contribution in [0.1, 0.15) is 6.92 Å². The number of hydrogen-bond acceptors (Lipinski definition) is 5. The molecule has 0 fully saturated rings. The maximum Gasteiger partial charge on any atom is 0.320 e. The van der Waals surface area contributed by atoms with Gasteiger partial charge in [-0.2, -0.15) is 0 Å². The van der Waals surface area contributed by atoms with E-state index in [4.69, 9.17) is 4.74 Å². The fourth-order valence-corrected chi connectivity index (χ4v) is 2.46. The second kappa shape index (κ2) is 7.48. The van der Waals surface area contributed by atoms with Gasteiger partial charge in [0, 0.05) is 30.0 Å². The minimum atomic E-state index is -0.274. The molecule has 0 saturated heterocycles. The van der Waals surface area contributed by atoms with Crippen LogP contribution in [-0.4, -0.2) is 29.7 Å². The molecule has 0 unspecified atom stereocenters. The lowest BCUT2D eigenvalue weighted by atomic mass is 10.1. The highest BCUT2D eigenvalue weighted by atomic mass is 16.5. The highest BCUT2D eigenvalue weighted by Crippen LogP contribution is 2.30. The van der Waals surface area contributed by atoms with Crippen molar-refractivity contribution >= 4 is 34.0 Å². The molecular weight excluding hydrogens is 318 g/mol. The summed E-state index contributed by atoms with van der Waals surface area (Å²) in [5.41, 5.74) is 1.64. The zero-order valence-corrected chi connectivity index (χ0v) is 14.0. The molecule has 128 valence electrons. The first-order valence-corrected chi connectivity index (χ1v) is 7.91.